The Morgan fingerprint density at radius 1 is 0.294 bits per heavy atom. The van der Waals surface area contributed by atoms with Crippen LogP contribution in [0.15, 0.2) is 0 Å². The Balaban J connectivity index is 3.15. The monoisotopic (exact) mass is 715 g/mol. The van der Waals surface area contributed by atoms with Gasteiger partial charge in [-0.1, -0.05) is 194 Å². The fourth-order valence-electron chi connectivity index (χ4n) is 7.81. The van der Waals surface area contributed by atoms with E-state index in [4.69, 9.17) is 0 Å². The highest BCUT2D eigenvalue weighted by Gasteiger charge is 2.32. The standard InChI is InChI=1S/C45H78O6/c1-4-7-10-13-16-19-22-25-28-31-34-37-38(35-32-29-26-23-20-17-14-11-8-5-2)41(44(48)49)42(45(50)51)39(40(37)43(46)47)36-33-30-27-24-21-18-15-12-9-6-3/h4-36H2,1-3H3,(H,46,47)(H,48,49)(H,50,51). The topological polar surface area (TPSA) is 112 Å². The number of carboxylic acids is 3. The summed E-state index contributed by atoms with van der Waals surface area (Å²) in [5.41, 5.74) is 0.895. The molecule has 0 heterocycles. The minimum absolute atomic E-state index is 0.0753. The van der Waals surface area contributed by atoms with E-state index in [1.807, 2.05) is 0 Å². The summed E-state index contributed by atoms with van der Waals surface area (Å²) >= 11 is 0. The van der Waals surface area contributed by atoms with Crippen molar-refractivity contribution < 1.29 is 29.7 Å². The molecule has 0 saturated carbocycles. The molecule has 6 heteroatoms. The van der Waals surface area contributed by atoms with E-state index in [0.717, 1.165) is 70.6 Å². The largest absolute Gasteiger partial charge is 0.478 e. The minimum Gasteiger partial charge on any atom is -0.478 e. The zero-order valence-electron chi connectivity index (χ0n) is 33.4. The van der Waals surface area contributed by atoms with Gasteiger partial charge in [-0.25, -0.2) is 14.4 Å². The summed E-state index contributed by atoms with van der Waals surface area (Å²) in [7, 11) is 0. The van der Waals surface area contributed by atoms with Crippen molar-refractivity contribution >= 4 is 17.9 Å². The molecule has 6 nitrogen and oxygen atoms in total. The molecule has 0 amide bonds. The third-order valence-electron chi connectivity index (χ3n) is 10.8. The van der Waals surface area contributed by atoms with Gasteiger partial charge in [-0.15, -0.1) is 0 Å². The van der Waals surface area contributed by atoms with Gasteiger partial charge in [0.15, 0.2) is 0 Å². The summed E-state index contributed by atoms with van der Waals surface area (Å²) in [4.78, 5) is 38.7. The van der Waals surface area contributed by atoms with Crippen molar-refractivity contribution in [2.24, 2.45) is 0 Å². The SMILES string of the molecule is CCCCCCCCCCCCc1c(CCCCCCCCCCCC)c(C(=O)O)c(C(=O)O)c(CCCCCCCCCCCC)c1C(=O)O. The maximum atomic E-state index is 13.0. The van der Waals surface area contributed by atoms with Gasteiger partial charge in [0, 0.05) is 0 Å². The van der Waals surface area contributed by atoms with Crippen LogP contribution in [0.2, 0.25) is 0 Å². The van der Waals surface area contributed by atoms with Gasteiger partial charge in [-0.05, 0) is 55.2 Å². The summed E-state index contributed by atoms with van der Waals surface area (Å²) in [5.74, 6) is -3.70. The van der Waals surface area contributed by atoms with E-state index in [0.29, 0.717) is 30.4 Å². The average Bonchev–Trinajstić information content (AvgIpc) is 3.10. The Hall–Kier alpha value is -2.37. The zero-order chi connectivity index (χ0) is 37.5. The molecule has 3 N–H and O–H groups in total. The zero-order valence-corrected chi connectivity index (χ0v) is 33.4. The number of hydrogen-bond donors (Lipinski definition) is 3. The van der Waals surface area contributed by atoms with E-state index in [1.54, 1.807) is 0 Å². The van der Waals surface area contributed by atoms with Crippen LogP contribution in [0.25, 0.3) is 0 Å². The molecule has 1 aromatic rings. The van der Waals surface area contributed by atoms with Gasteiger partial charge in [0.05, 0.1) is 16.7 Å². The van der Waals surface area contributed by atoms with E-state index in [9.17, 15) is 29.7 Å². The number of unbranched alkanes of at least 4 members (excludes halogenated alkanes) is 27. The predicted octanol–water partition coefficient (Wildman–Crippen LogP) is 14.2. The first kappa shape index (κ1) is 46.7. The van der Waals surface area contributed by atoms with Crippen LogP contribution in [-0.4, -0.2) is 33.2 Å². The van der Waals surface area contributed by atoms with E-state index in [1.165, 1.54) is 116 Å². The van der Waals surface area contributed by atoms with Crippen molar-refractivity contribution in [3.05, 3.63) is 33.4 Å². The van der Waals surface area contributed by atoms with Crippen LogP contribution in [-0.2, 0) is 19.3 Å². The van der Waals surface area contributed by atoms with Crippen molar-refractivity contribution in [3.8, 4) is 0 Å². The van der Waals surface area contributed by atoms with Gasteiger partial charge in [0.25, 0.3) is 0 Å². The molecule has 0 spiro atoms. The second kappa shape index (κ2) is 31.2. The molecule has 0 atom stereocenters. The van der Waals surface area contributed by atoms with Gasteiger partial charge in [-0.2, -0.15) is 0 Å². The Bertz CT molecular complexity index is 1080. The number of rotatable bonds is 36. The van der Waals surface area contributed by atoms with Crippen molar-refractivity contribution in [3.63, 3.8) is 0 Å². The molecule has 0 aliphatic rings. The Morgan fingerprint density at radius 3 is 0.745 bits per heavy atom. The summed E-state index contributed by atoms with van der Waals surface area (Å²) in [6, 6.07) is 0. The lowest BCUT2D eigenvalue weighted by Gasteiger charge is -2.22. The van der Waals surface area contributed by atoms with Crippen molar-refractivity contribution in [1.82, 2.24) is 0 Å². The third-order valence-corrected chi connectivity index (χ3v) is 10.8. The van der Waals surface area contributed by atoms with E-state index in [-0.39, 0.29) is 28.7 Å². The Morgan fingerprint density at radius 2 is 0.490 bits per heavy atom. The smallest absolute Gasteiger partial charge is 0.336 e. The average molecular weight is 715 g/mol. The van der Waals surface area contributed by atoms with Crippen molar-refractivity contribution in [2.75, 3.05) is 0 Å². The highest BCUT2D eigenvalue weighted by molar-refractivity contribution is 6.07. The lowest BCUT2D eigenvalue weighted by molar-refractivity contribution is 0.0646. The van der Waals surface area contributed by atoms with Crippen molar-refractivity contribution in [1.29, 1.82) is 0 Å². The van der Waals surface area contributed by atoms with Crippen LogP contribution in [0.5, 0.6) is 0 Å². The van der Waals surface area contributed by atoms with E-state index < -0.39 is 17.9 Å². The van der Waals surface area contributed by atoms with Gasteiger partial charge in [0.1, 0.15) is 0 Å². The van der Waals surface area contributed by atoms with Crippen molar-refractivity contribution in [2.45, 2.75) is 233 Å². The molecule has 0 saturated heterocycles. The molecule has 1 rings (SSSR count). The quantitative estimate of drug-likeness (QED) is 0.0597. The molecule has 0 aliphatic carbocycles. The first-order chi connectivity index (χ1) is 24.8. The Labute approximate surface area is 313 Å². The highest BCUT2D eigenvalue weighted by atomic mass is 16.4. The van der Waals surface area contributed by atoms with Gasteiger partial charge >= 0.3 is 17.9 Å². The molecule has 0 bridgehead atoms. The fourth-order valence-corrected chi connectivity index (χ4v) is 7.81. The van der Waals surface area contributed by atoms with Gasteiger partial charge in [-0.3, -0.25) is 0 Å². The maximum absolute atomic E-state index is 13.0. The van der Waals surface area contributed by atoms with Crippen LogP contribution in [0.3, 0.4) is 0 Å². The molecule has 294 valence electrons. The maximum Gasteiger partial charge on any atom is 0.336 e. The molecule has 0 aromatic heterocycles. The Kier molecular flexibility index (Phi) is 28.5. The van der Waals surface area contributed by atoms with E-state index in [2.05, 4.69) is 20.8 Å². The molecule has 1 aromatic carbocycles. The highest BCUT2D eigenvalue weighted by Crippen LogP contribution is 2.34. The van der Waals surface area contributed by atoms with Crippen LogP contribution in [0.1, 0.15) is 261 Å². The van der Waals surface area contributed by atoms with E-state index >= 15 is 0 Å². The van der Waals surface area contributed by atoms with Gasteiger partial charge < -0.3 is 15.3 Å². The summed E-state index contributed by atoms with van der Waals surface area (Å²) in [6.07, 6.45) is 35.3. The third kappa shape index (κ3) is 20.5. The number of benzene rings is 1. The van der Waals surface area contributed by atoms with Crippen LogP contribution >= 0.6 is 0 Å². The molecule has 0 unspecified atom stereocenters. The van der Waals surface area contributed by atoms with Crippen LogP contribution in [0.4, 0.5) is 0 Å². The molecule has 0 aliphatic heterocycles. The number of aromatic carboxylic acids is 3. The summed E-state index contributed by atoms with van der Waals surface area (Å²) in [5, 5.41) is 31.6. The fraction of sp³-hybridized carbons (Fsp3) is 0.800. The van der Waals surface area contributed by atoms with Crippen LogP contribution < -0.4 is 0 Å². The lowest BCUT2D eigenvalue weighted by Crippen LogP contribution is -2.22. The predicted molar refractivity (Wildman–Crippen MR) is 214 cm³/mol. The second-order valence-electron chi connectivity index (χ2n) is 15.3. The summed E-state index contributed by atoms with van der Waals surface area (Å²) in [6.45, 7) is 6.68. The number of carboxylic acid groups (broad SMARTS) is 3. The first-order valence-corrected chi connectivity index (χ1v) is 21.7. The molecule has 51 heavy (non-hydrogen) atoms. The molecule has 0 fully saturated rings. The number of carbonyl (C=O) groups is 3. The minimum atomic E-state index is -1.33. The van der Waals surface area contributed by atoms with Crippen LogP contribution in [0, 0.1) is 0 Å². The molecular weight excluding hydrogens is 636 g/mol. The molecule has 0 radical (unpaired) electrons. The molecular formula is C45H78O6. The first-order valence-electron chi connectivity index (χ1n) is 21.7. The second-order valence-corrected chi connectivity index (χ2v) is 15.3. The lowest BCUT2D eigenvalue weighted by atomic mass is 9.80. The number of hydrogen-bond acceptors (Lipinski definition) is 3. The normalized spacial score (nSPS) is 11.4. The summed E-state index contributed by atoms with van der Waals surface area (Å²) < 4.78 is 0. The van der Waals surface area contributed by atoms with Gasteiger partial charge in [0.2, 0.25) is 0 Å².